The first-order chi connectivity index (χ1) is 13.9. The third kappa shape index (κ3) is 5.64. The lowest BCUT2D eigenvalue weighted by molar-refractivity contribution is 0.238. The van der Waals surface area contributed by atoms with Crippen molar-refractivity contribution in [3.05, 3.63) is 54.1 Å². The minimum atomic E-state index is -3.52. The molecule has 2 aromatic rings. The number of phenols is 1. The lowest BCUT2D eigenvalue weighted by Crippen LogP contribution is -2.36. The van der Waals surface area contributed by atoms with E-state index in [9.17, 15) is 13.5 Å². The second-order valence-corrected chi connectivity index (χ2v) is 10.1. The van der Waals surface area contributed by atoms with Gasteiger partial charge in [-0.05, 0) is 81.7 Å². The molecule has 0 unspecified atom stereocenters. The van der Waals surface area contributed by atoms with E-state index in [1.165, 1.54) is 17.1 Å². The maximum absolute atomic E-state index is 12.9. The first-order valence-electron chi connectivity index (χ1n) is 10.1. The van der Waals surface area contributed by atoms with Crippen LogP contribution in [0.3, 0.4) is 0 Å². The van der Waals surface area contributed by atoms with Crippen LogP contribution in [-0.4, -0.2) is 49.9 Å². The lowest BCUT2D eigenvalue weighted by Gasteiger charge is -2.27. The number of likely N-dealkylation sites (tertiary alicyclic amines) is 1. The van der Waals surface area contributed by atoms with Crippen LogP contribution in [0.1, 0.15) is 32.3 Å². The molecule has 7 heteroatoms. The van der Waals surface area contributed by atoms with E-state index in [2.05, 4.69) is 4.90 Å². The summed E-state index contributed by atoms with van der Waals surface area (Å²) in [6, 6.07) is 13.8. The first-order valence-corrected chi connectivity index (χ1v) is 11.6. The van der Waals surface area contributed by atoms with Gasteiger partial charge < -0.3 is 9.84 Å². The third-order valence-corrected chi connectivity index (χ3v) is 7.31. The molecule has 1 aliphatic heterocycles. The van der Waals surface area contributed by atoms with Gasteiger partial charge in [-0.3, -0.25) is 9.21 Å². The number of aromatic hydroxyl groups is 1. The highest BCUT2D eigenvalue weighted by molar-refractivity contribution is 7.93. The summed E-state index contributed by atoms with van der Waals surface area (Å²) in [6.45, 7) is 7.38. The predicted octanol–water partition coefficient (Wildman–Crippen LogP) is 3.61. The Morgan fingerprint density at radius 2 is 1.66 bits per heavy atom. The van der Waals surface area contributed by atoms with Gasteiger partial charge in [0.15, 0.2) is 0 Å². The summed E-state index contributed by atoms with van der Waals surface area (Å²) in [5.74, 6) is 0.891. The lowest BCUT2D eigenvalue weighted by atomic mass is 10.2. The fraction of sp³-hybridized carbons (Fsp3) is 0.455. The van der Waals surface area contributed by atoms with Crippen LogP contribution in [0.15, 0.2) is 48.5 Å². The zero-order chi connectivity index (χ0) is 20.9. The Kier molecular flexibility index (Phi) is 7.03. The van der Waals surface area contributed by atoms with Crippen molar-refractivity contribution in [2.24, 2.45) is 0 Å². The molecule has 1 fully saturated rings. The molecule has 0 radical (unpaired) electrons. The molecule has 29 heavy (non-hydrogen) atoms. The van der Waals surface area contributed by atoms with Gasteiger partial charge in [-0.2, -0.15) is 0 Å². The molecule has 0 aliphatic carbocycles. The third-order valence-electron chi connectivity index (χ3n) is 5.17. The van der Waals surface area contributed by atoms with Gasteiger partial charge in [0.25, 0.3) is 0 Å². The number of hydrogen-bond donors (Lipinski definition) is 1. The second kappa shape index (κ2) is 9.50. The number of nitrogens with zero attached hydrogens (tertiary/aromatic N) is 2. The number of ether oxygens (including phenoxy) is 1. The Hall–Kier alpha value is -2.25. The van der Waals surface area contributed by atoms with E-state index in [-0.39, 0.29) is 12.3 Å². The van der Waals surface area contributed by atoms with Crippen molar-refractivity contribution in [3.63, 3.8) is 0 Å². The number of hydrogen-bond acceptors (Lipinski definition) is 5. The fourth-order valence-electron chi connectivity index (χ4n) is 3.36. The Morgan fingerprint density at radius 3 is 2.24 bits per heavy atom. The summed E-state index contributed by atoms with van der Waals surface area (Å²) in [7, 11) is -3.52. The molecule has 1 heterocycles. The van der Waals surface area contributed by atoms with Gasteiger partial charge in [-0.15, -0.1) is 0 Å². The maximum atomic E-state index is 12.9. The Labute approximate surface area is 173 Å². The average molecular weight is 419 g/mol. The van der Waals surface area contributed by atoms with E-state index >= 15 is 0 Å². The Balaban J connectivity index is 1.71. The van der Waals surface area contributed by atoms with Gasteiger partial charge in [0.05, 0.1) is 17.5 Å². The van der Waals surface area contributed by atoms with E-state index in [0.717, 1.165) is 30.9 Å². The van der Waals surface area contributed by atoms with Crippen LogP contribution in [0.25, 0.3) is 0 Å². The molecule has 158 valence electrons. The molecule has 0 atom stereocenters. The first kappa shape index (κ1) is 21.5. The molecular weight excluding hydrogens is 388 g/mol. The summed E-state index contributed by atoms with van der Waals surface area (Å²) in [4.78, 5) is 2.39. The zero-order valence-electron chi connectivity index (χ0n) is 17.1. The van der Waals surface area contributed by atoms with Gasteiger partial charge in [0.1, 0.15) is 18.1 Å². The largest absolute Gasteiger partial charge is 0.508 e. The molecule has 0 saturated carbocycles. The van der Waals surface area contributed by atoms with E-state index in [1.807, 2.05) is 12.1 Å². The SMILES string of the molecule is CC(C)S(=O)(=O)N(Cc1ccc(O)cc1)c1ccc(OCCN2CCCC2)cc1. The van der Waals surface area contributed by atoms with E-state index < -0.39 is 15.3 Å². The minimum Gasteiger partial charge on any atom is -0.508 e. The topological polar surface area (TPSA) is 70.1 Å². The molecule has 2 aromatic carbocycles. The quantitative estimate of drug-likeness (QED) is 0.674. The van der Waals surface area contributed by atoms with Crippen molar-refractivity contribution in [3.8, 4) is 11.5 Å². The van der Waals surface area contributed by atoms with Crippen LogP contribution < -0.4 is 9.04 Å². The summed E-state index contributed by atoms with van der Waals surface area (Å²) in [5, 5.41) is 8.93. The molecule has 1 saturated heterocycles. The van der Waals surface area contributed by atoms with Crippen molar-refractivity contribution in [1.29, 1.82) is 0 Å². The zero-order valence-corrected chi connectivity index (χ0v) is 17.9. The van der Waals surface area contributed by atoms with Crippen molar-refractivity contribution in [1.82, 2.24) is 4.90 Å². The van der Waals surface area contributed by atoms with Crippen LogP contribution in [0.4, 0.5) is 5.69 Å². The highest BCUT2D eigenvalue weighted by Crippen LogP contribution is 2.26. The maximum Gasteiger partial charge on any atom is 0.237 e. The minimum absolute atomic E-state index is 0.155. The van der Waals surface area contributed by atoms with Gasteiger partial charge >= 0.3 is 0 Å². The molecule has 0 spiro atoms. The van der Waals surface area contributed by atoms with Gasteiger partial charge in [-0.25, -0.2) is 8.42 Å². The van der Waals surface area contributed by atoms with Crippen LogP contribution >= 0.6 is 0 Å². The number of phenolic OH excluding ortho intramolecular Hbond substituents is 1. The Morgan fingerprint density at radius 1 is 1.03 bits per heavy atom. The monoisotopic (exact) mass is 418 g/mol. The van der Waals surface area contributed by atoms with Crippen molar-refractivity contribution in [2.45, 2.75) is 38.5 Å². The number of rotatable bonds is 9. The van der Waals surface area contributed by atoms with E-state index in [0.29, 0.717) is 12.3 Å². The smallest absolute Gasteiger partial charge is 0.237 e. The van der Waals surface area contributed by atoms with Gasteiger partial charge in [0.2, 0.25) is 10.0 Å². The summed E-state index contributed by atoms with van der Waals surface area (Å²) in [6.07, 6.45) is 2.52. The number of anilines is 1. The van der Waals surface area contributed by atoms with Crippen LogP contribution in [0, 0.1) is 0 Å². The number of benzene rings is 2. The van der Waals surface area contributed by atoms with Crippen LogP contribution in [0.5, 0.6) is 11.5 Å². The average Bonchev–Trinajstić information content (AvgIpc) is 3.21. The molecule has 0 aromatic heterocycles. The molecule has 1 aliphatic rings. The standard InChI is InChI=1S/C22H30N2O4S/c1-18(2)29(26,27)24(17-19-5-9-21(25)10-6-19)20-7-11-22(12-8-20)28-16-15-23-13-3-4-14-23/h5-12,18,25H,3-4,13-17H2,1-2H3. The highest BCUT2D eigenvalue weighted by Gasteiger charge is 2.26. The van der Waals surface area contributed by atoms with Crippen molar-refractivity contribution in [2.75, 3.05) is 30.5 Å². The molecule has 6 nitrogen and oxygen atoms in total. The molecular formula is C22H30N2O4S. The molecule has 0 bridgehead atoms. The van der Waals surface area contributed by atoms with Crippen LogP contribution in [-0.2, 0) is 16.6 Å². The number of sulfonamides is 1. The van der Waals surface area contributed by atoms with Crippen molar-refractivity contribution < 1.29 is 18.3 Å². The van der Waals surface area contributed by atoms with Gasteiger partial charge in [0, 0.05) is 6.54 Å². The molecule has 0 amide bonds. The Bertz CT molecular complexity index is 874. The fourth-order valence-corrected chi connectivity index (χ4v) is 4.61. The summed E-state index contributed by atoms with van der Waals surface area (Å²) in [5.41, 5.74) is 1.40. The van der Waals surface area contributed by atoms with Gasteiger partial charge in [-0.1, -0.05) is 12.1 Å². The second-order valence-electron chi connectivity index (χ2n) is 7.66. The van der Waals surface area contributed by atoms with E-state index in [4.69, 9.17) is 4.74 Å². The molecule has 1 N–H and O–H groups in total. The predicted molar refractivity (Wildman–Crippen MR) is 116 cm³/mol. The van der Waals surface area contributed by atoms with Crippen LogP contribution in [0.2, 0.25) is 0 Å². The summed E-state index contributed by atoms with van der Waals surface area (Å²) < 4.78 is 33.1. The molecule has 3 rings (SSSR count). The summed E-state index contributed by atoms with van der Waals surface area (Å²) >= 11 is 0. The van der Waals surface area contributed by atoms with E-state index in [1.54, 1.807) is 50.2 Å². The normalized spacial score (nSPS) is 15.0. The highest BCUT2D eigenvalue weighted by atomic mass is 32.2. The van der Waals surface area contributed by atoms with Crippen molar-refractivity contribution >= 4 is 15.7 Å².